The third-order valence-electron chi connectivity index (χ3n) is 6.89. The summed E-state index contributed by atoms with van der Waals surface area (Å²) >= 11 is 7.23. The van der Waals surface area contributed by atoms with Gasteiger partial charge in [0.15, 0.2) is 0 Å². The Morgan fingerprint density at radius 3 is 1.69 bits per heavy atom. The molecule has 4 atom stereocenters. The molecule has 11 heteroatoms. The minimum Gasteiger partial charge on any atom is -0.398 e. The molecule has 0 aromatic heterocycles. The molecule has 4 fully saturated rings. The first-order valence-electron chi connectivity index (χ1n) is 11.6. The van der Waals surface area contributed by atoms with Crippen molar-refractivity contribution >= 4 is 53.1 Å². The van der Waals surface area contributed by atoms with Gasteiger partial charge in [-0.25, -0.2) is 8.42 Å². The molecule has 188 valence electrons. The van der Waals surface area contributed by atoms with Gasteiger partial charge in [-0.15, -0.1) is 0 Å². The maximum Gasteiger partial charge on any atom is 0.209 e. The van der Waals surface area contributed by atoms with Crippen molar-refractivity contribution in [1.29, 1.82) is 0 Å². The van der Waals surface area contributed by atoms with Crippen molar-refractivity contribution in [3.05, 3.63) is 43.3 Å². The van der Waals surface area contributed by atoms with Gasteiger partial charge in [0.05, 0.1) is 60.6 Å². The minimum absolute atomic E-state index is 0.0239. The molecule has 0 bridgehead atoms. The fourth-order valence-corrected chi connectivity index (χ4v) is 8.72. The van der Waals surface area contributed by atoms with Gasteiger partial charge in [-0.3, -0.25) is 0 Å². The van der Waals surface area contributed by atoms with Crippen molar-refractivity contribution in [3.8, 4) is 0 Å². The van der Waals surface area contributed by atoms with Gasteiger partial charge in [-0.2, -0.15) is 0 Å². The van der Waals surface area contributed by atoms with Crippen molar-refractivity contribution in [2.75, 3.05) is 37.9 Å². The van der Waals surface area contributed by atoms with E-state index in [1.807, 2.05) is 0 Å². The number of nitrogen functional groups attached to an aromatic ring is 2. The van der Waals surface area contributed by atoms with E-state index in [0.717, 1.165) is 16.7 Å². The summed E-state index contributed by atoms with van der Waals surface area (Å²) in [5, 5.41) is 0. The lowest BCUT2D eigenvalue weighted by Gasteiger charge is -2.23. The van der Waals surface area contributed by atoms with Crippen LogP contribution in [0.4, 0.5) is 11.4 Å². The SMILES string of the molecule is Nc1ccc(S(=O)(=O)c2c(Br)c(CC3CO3)c(N)c(CC3CO3)c2CC2CO2)c(Br)c1CC1CO1. The van der Waals surface area contributed by atoms with E-state index in [0.29, 0.717) is 78.0 Å². The van der Waals surface area contributed by atoms with Gasteiger partial charge >= 0.3 is 0 Å². The summed E-state index contributed by atoms with van der Waals surface area (Å²) in [4.78, 5) is 0.417. The Morgan fingerprint density at radius 2 is 1.17 bits per heavy atom. The highest BCUT2D eigenvalue weighted by Crippen LogP contribution is 2.45. The summed E-state index contributed by atoms with van der Waals surface area (Å²) in [6.07, 6.45) is 2.25. The topological polar surface area (TPSA) is 136 Å². The Hall–Kier alpha value is -1.21. The lowest BCUT2D eigenvalue weighted by Crippen LogP contribution is -2.18. The van der Waals surface area contributed by atoms with Crippen LogP contribution in [0.25, 0.3) is 0 Å². The van der Waals surface area contributed by atoms with Crippen LogP contribution in [-0.2, 0) is 54.5 Å². The van der Waals surface area contributed by atoms with E-state index in [1.54, 1.807) is 12.1 Å². The van der Waals surface area contributed by atoms with E-state index in [2.05, 4.69) is 31.9 Å². The van der Waals surface area contributed by atoms with Gasteiger partial charge in [0.25, 0.3) is 0 Å². The molecule has 4 saturated heterocycles. The zero-order valence-electron chi connectivity index (χ0n) is 18.9. The van der Waals surface area contributed by atoms with Gasteiger partial charge in [0.1, 0.15) is 0 Å². The molecule has 0 spiro atoms. The Balaban J connectivity index is 1.54. The van der Waals surface area contributed by atoms with E-state index < -0.39 is 9.84 Å². The van der Waals surface area contributed by atoms with Crippen molar-refractivity contribution in [2.45, 2.75) is 59.9 Å². The van der Waals surface area contributed by atoms with Gasteiger partial charge in [-0.05, 0) is 66.2 Å². The predicted molar refractivity (Wildman–Crippen MR) is 136 cm³/mol. The number of anilines is 2. The molecule has 4 N–H and O–H groups in total. The summed E-state index contributed by atoms with van der Waals surface area (Å²) in [7, 11) is -3.98. The number of nitrogens with two attached hydrogens (primary N) is 2. The fourth-order valence-electron chi connectivity index (χ4n) is 4.59. The minimum atomic E-state index is -3.98. The predicted octanol–water partition coefficient (Wildman–Crippen LogP) is 2.97. The van der Waals surface area contributed by atoms with Crippen LogP contribution < -0.4 is 11.5 Å². The monoisotopic (exact) mass is 628 g/mol. The largest absolute Gasteiger partial charge is 0.398 e. The summed E-state index contributed by atoms with van der Waals surface area (Å²) in [5.41, 5.74) is 17.1. The summed E-state index contributed by atoms with van der Waals surface area (Å²) in [6.45, 7) is 2.54. The maximum absolute atomic E-state index is 14.4. The second kappa shape index (κ2) is 8.97. The van der Waals surface area contributed by atoms with Crippen molar-refractivity contribution in [3.63, 3.8) is 0 Å². The first-order valence-corrected chi connectivity index (χ1v) is 14.7. The van der Waals surface area contributed by atoms with E-state index in [9.17, 15) is 8.42 Å². The molecule has 0 amide bonds. The Bertz CT molecular complexity index is 1300. The molecule has 4 aliphatic heterocycles. The molecule has 6 rings (SSSR count). The molecule has 0 radical (unpaired) electrons. The molecule has 4 heterocycles. The van der Waals surface area contributed by atoms with Gasteiger partial charge in [0.2, 0.25) is 9.84 Å². The lowest BCUT2D eigenvalue weighted by molar-refractivity contribution is 0.400. The van der Waals surface area contributed by atoms with E-state index in [-0.39, 0.29) is 34.2 Å². The smallest absolute Gasteiger partial charge is 0.209 e. The molecule has 2 aromatic carbocycles. The molecule has 4 unspecified atom stereocenters. The average molecular weight is 630 g/mol. The summed E-state index contributed by atoms with van der Waals surface area (Å²) in [6, 6.07) is 3.22. The number of hydrogen-bond acceptors (Lipinski definition) is 8. The molecule has 35 heavy (non-hydrogen) atoms. The molecule has 0 saturated carbocycles. The highest BCUT2D eigenvalue weighted by Gasteiger charge is 2.38. The van der Waals surface area contributed by atoms with Crippen LogP contribution >= 0.6 is 31.9 Å². The highest BCUT2D eigenvalue weighted by atomic mass is 79.9. The second-order valence-electron chi connectivity index (χ2n) is 9.58. The van der Waals surface area contributed by atoms with Crippen LogP contribution in [0.1, 0.15) is 22.3 Å². The molecular weight excluding hydrogens is 604 g/mol. The molecule has 4 aliphatic rings. The normalized spacial score (nSPS) is 26.6. The summed E-state index contributed by atoms with van der Waals surface area (Å²) < 4.78 is 51.6. The standard InChI is InChI=1S/C24H26Br2N2O6S/c25-21-17(5-13-9-33-13)19(27)1-2-20(21)35(29,30)24-16(4-12-8-32-12)15(3-11-7-31-11)23(28)18(22(24)26)6-14-10-34-14/h1-2,11-14H,3-10,27-28H2. The quantitative estimate of drug-likeness (QED) is 0.302. The maximum atomic E-state index is 14.4. The van der Waals surface area contributed by atoms with Crippen LogP contribution in [0, 0.1) is 0 Å². The van der Waals surface area contributed by atoms with Crippen LogP contribution in [-0.4, -0.2) is 59.3 Å². The lowest BCUT2D eigenvalue weighted by atomic mass is 9.92. The highest BCUT2D eigenvalue weighted by molar-refractivity contribution is 9.11. The number of ether oxygens (including phenoxy) is 4. The molecule has 2 aromatic rings. The number of epoxide rings is 4. The van der Waals surface area contributed by atoms with Crippen LogP contribution in [0.2, 0.25) is 0 Å². The van der Waals surface area contributed by atoms with Crippen LogP contribution in [0.15, 0.2) is 30.9 Å². The average Bonchev–Trinajstić information content (AvgIpc) is 3.63. The number of sulfone groups is 1. The van der Waals surface area contributed by atoms with Crippen molar-refractivity contribution < 1.29 is 27.4 Å². The Morgan fingerprint density at radius 1 is 0.714 bits per heavy atom. The Kier molecular flexibility index (Phi) is 6.19. The van der Waals surface area contributed by atoms with Crippen molar-refractivity contribution in [1.82, 2.24) is 0 Å². The molecule has 0 aliphatic carbocycles. The number of rotatable bonds is 10. The molecule has 8 nitrogen and oxygen atoms in total. The third kappa shape index (κ3) is 4.88. The molecular formula is C24H26Br2N2O6S. The Labute approximate surface area is 220 Å². The van der Waals surface area contributed by atoms with Crippen LogP contribution in [0.3, 0.4) is 0 Å². The second-order valence-corrected chi connectivity index (χ2v) is 13.0. The van der Waals surface area contributed by atoms with Gasteiger partial charge in [-0.1, -0.05) is 0 Å². The van der Waals surface area contributed by atoms with E-state index in [4.69, 9.17) is 30.4 Å². The van der Waals surface area contributed by atoms with Gasteiger partial charge < -0.3 is 30.4 Å². The van der Waals surface area contributed by atoms with Gasteiger partial charge in [0, 0.05) is 46.0 Å². The number of halogens is 2. The number of benzene rings is 2. The van der Waals surface area contributed by atoms with Crippen LogP contribution in [0.5, 0.6) is 0 Å². The third-order valence-corrected chi connectivity index (χ3v) is 11.1. The number of hydrogen-bond donors (Lipinski definition) is 2. The van der Waals surface area contributed by atoms with E-state index >= 15 is 0 Å². The zero-order chi connectivity index (χ0) is 24.5. The first-order chi connectivity index (χ1) is 16.7. The van der Waals surface area contributed by atoms with E-state index in [1.165, 1.54) is 0 Å². The van der Waals surface area contributed by atoms with Crippen molar-refractivity contribution in [2.24, 2.45) is 0 Å². The first kappa shape index (κ1) is 24.1. The fraction of sp³-hybridized carbons (Fsp3) is 0.500. The summed E-state index contributed by atoms with van der Waals surface area (Å²) in [5.74, 6) is 0. The zero-order valence-corrected chi connectivity index (χ0v) is 22.9.